The molecule has 0 fully saturated rings. The number of nitrogens with two attached hydrogens (primary N) is 1. The van der Waals surface area contributed by atoms with Crippen molar-refractivity contribution in [1.29, 1.82) is 0 Å². The molecule has 3 aromatic rings. The molecule has 0 radical (unpaired) electrons. The summed E-state index contributed by atoms with van der Waals surface area (Å²) in [7, 11) is -3.73. The molecule has 0 aliphatic rings. The van der Waals surface area contributed by atoms with Crippen molar-refractivity contribution in [3.8, 4) is 11.4 Å². The summed E-state index contributed by atoms with van der Waals surface area (Å²) in [5.74, 6) is 0.0109. The van der Waals surface area contributed by atoms with E-state index in [1.807, 2.05) is 41.2 Å². The van der Waals surface area contributed by atoms with Gasteiger partial charge in [0.05, 0.1) is 10.5 Å². The van der Waals surface area contributed by atoms with Gasteiger partial charge in [-0.3, -0.25) is 0 Å². The van der Waals surface area contributed by atoms with Crippen molar-refractivity contribution >= 4 is 16.0 Å². The molecule has 2 aromatic carbocycles. The van der Waals surface area contributed by atoms with Crippen LogP contribution in [0.2, 0.25) is 0 Å². The molecular weight excluding hydrogens is 368 g/mol. The highest BCUT2D eigenvalue weighted by molar-refractivity contribution is 7.89. The number of rotatable bonds is 7. The summed E-state index contributed by atoms with van der Waals surface area (Å²) in [6.45, 7) is 0.205. The van der Waals surface area contributed by atoms with Crippen molar-refractivity contribution in [2.45, 2.75) is 4.90 Å². The zero-order valence-corrected chi connectivity index (χ0v) is 15.1. The van der Waals surface area contributed by atoms with Crippen LogP contribution < -0.4 is 9.88 Å². The highest BCUT2D eigenvalue weighted by atomic mass is 32.2. The number of hydrogen-bond acceptors (Lipinski definition) is 5. The highest BCUT2D eigenvalue weighted by Crippen LogP contribution is 2.15. The van der Waals surface area contributed by atoms with E-state index in [1.165, 1.54) is 24.3 Å². The Hall–Kier alpha value is -3.10. The Bertz CT molecular complexity index is 995. The second kappa shape index (κ2) is 8.07. The van der Waals surface area contributed by atoms with Gasteiger partial charge in [-0.15, -0.1) is 0 Å². The summed E-state index contributed by atoms with van der Waals surface area (Å²) in [5.41, 5.74) is 1.39. The number of carbonyl (C=O) groups is 1. The molecule has 0 aliphatic heterocycles. The Kier molecular flexibility index (Phi) is 5.58. The molecule has 0 atom stereocenters. The minimum absolute atomic E-state index is 0.00429. The van der Waals surface area contributed by atoms with Crippen LogP contribution in [0.25, 0.3) is 5.69 Å². The monoisotopic (exact) mass is 386 g/mol. The summed E-state index contributed by atoms with van der Waals surface area (Å²) < 4.78 is 34.9. The van der Waals surface area contributed by atoms with E-state index in [2.05, 4.69) is 0 Å². The van der Waals surface area contributed by atoms with Gasteiger partial charge in [0.1, 0.15) is 19.0 Å². The molecule has 0 amide bonds. The molecule has 8 heteroatoms. The second-order valence-electron chi connectivity index (χ2n) is 5.64. The largest absolute Gasteiger partial charge is 0.490 e. The van der Waals surface area contributed by atoms with Crippen LogP contribution in [0.15, 0.2) is 78.0 Å². The third-order valence-electron chi connectivity index (χ3n) is 3.74. The average molecular weight is 386 g/mol. The maximum Gasteiger partial charge on any atom is 0.338 e. The summed E-state index contributed by atoms with van der Waals surface area (Å²) in [6, 6.07) is 16.6. The summed E-state index contributed by atoms with van der Waals surface area (Å²) in [6.07, 6.45) is 3.83. The Morgan fingerprint density at radius 2 is 1.56 bits per heavy atom. The normalized spacial score (nSPS) is 11.1. The fourth-order valence-corrected chi connectivity index (χ4v) is 2.89. The number of aromatic nitrogens is 1. The first-order valence-corrected chi connectivity index (χ1v) is 9.64. The van der Waals surface area contributed by atoms with Gasteiger partial charge in [0.2, 0.25) is 10.0 Å². The zero-order chi connectivity index (χ0) is 19.3. The fourth-order valence-electron chi connectivity index (χ4n) is 2.38. The van der Waals surface area contributed by atoms with Gasteiger partial charge in [-0.1, -0.05) is 0 Å². The SMILES string of the molecule is NS(=O)(=O)c1ccc(OCCOC(=O)c2ccc(-n3cccc3)cc2)cc1. The van der Waals surface area contributed by atoms with Crippen LogP contribution in [-0.2, 0) is 14.8 Å². The van der Waals surface area contributed by atoms with Gasteiger partial charge in [-0.05, 0) is 60.7 Å². The first-order valence-electron chi connectivity index (χ1n) is 8.10. The third kappa shape index (κ3) is 4.96. The number of sulfonamides is 1. The first-order chi connectivity index (χ1) is 12.9. The van der Waals surface area contributed by atoms with Gasteiger partial charge in [0, 0.05) is 18.1 Å². The van der Waals surface area contributed by atoms with Gasteiger partial charge < -0.3 is 14.0 Å². The lowest BCUT2D eigenvalue weighted by Gasteiger charge is -2.08. The third-order valence-corrected chi connectivity index (χ3v) is 4.67. The summed E-state index contributed by atoms with van der Waals surface area (Å²) in [4.78, 5) is 12.0. The van der Waals surface area contributed by atoms with Crippen molar-refractivity contribution in [2.75, 3.05) is 13.2 Å². The van der Waals surface area contributed by atoms with Crippen LogP contribution in [0.4, 0.5) is 0 Å². The number of ether oxygens (including phenoxy) is 2. The maximum absolute atomic E-state index is 12.0. The molecular formula is C19H18N2O5S. The molecule has 0 unspecified atom stereocenters. The molecule has 0 spiro atoms. The van der Waals surface area contributed by atoms with Gasteiger partial charge in [0.25, 0.3) is 0 Å². The zero-order valence-electron chi connectivity index (χ0n) is 14.3. The van der Waals surface area contributed by atoms with Crippen molar-refractivity contribution in [3.63, 3.8) is 0 Å². The minimum Gasteiger partial charge on any atom is -0.490 e. The summed E-state index contributed by atoms with van der Waals surface area (Å²) >= 11 is 0. The smallest absolute Gasteiger partial charge is 0.338 e. The molecule has 27 heavy (non-hydrogen) atoms. The Labute approximate surface area is 157 Å². The van der Waals surface area contributed by atoms with Crippen LogP contribution in [-0.4, -0.2) is 32.2 Å². The lowest BCUT2D eigenvalue weighted by atomic mass is 10.2. The van der Waals surface area contributed by atoms with E-state index < -0.39 is 16.0 Å². The van der Waals surface area contributed by atoms with E-state index in [-0.39, 0.29) is 18.1 Å². The molecule has 1 heterocycles. The molecule has 3 rings (SSSR count). The quantitative estimate of drug-likeness (QED) is 0.496. The first kappa shape index (κ1) is 18.7. The second-order valence-corrected chi connectivity index (χ2v) is 7.20. The van der Waals surface area contributed by atoms with E-state index >= 15 is 0 Å². The van der Waals surface area contributed by atoms with Crippen LogP contribution in [0.5, 0.6) is 5.75 Å². The number of benzene rings is 2. The standard InChI is InChI=1S/C19H18N2O5S/c20-27(23,24)18-9-7-17(8-10-18)25-13-14-26-19(22)15-3-5-16(6-4-15)21-11-1-2-12-21/h1-12H,13-14H2,(H2,20,23,24). The predicted octanol–water partition coefficient (Wildman–Crippen LogP) is 2.36. The molecule has 0 saturated carbocycles. The number of nitrogens with zero attached hydrogens (tertiary/aromatic N) is 1. The topological polar surface area (TPSA) is 101 Å². The van der Waals surface area contributed by atoms with Crippen LogP contribution in [0.3, 0.4) is 0 Å². The number of carbonyl (C=O) groups excluding carboxylic acids is 1. The lowest BCUT2D eigenvalue weighted by molar-refractivity contribution is 0.0450. The fraction of sp³-hybridized carbons (Fsp3) is 0.105. The predicted molar refractivity (Wildman–Crippen MR) is 99.4 cm³/mol. The van der Waals surface area contributed by atoms with E-state index in [9.17, 15) is 13.2 Å². The maximum atomic E-state index is 12.0. The van der Waals surface area contributed by atoms with Gasteiger partial charge in [0.15, 0.2) is 0 Å². The Morgan fingerprint density at radius 1 is 0.926 bits per heavy atom. The molecule has 2 N–H and O–H groups in total. The van der Waals surface area contributed by atoms with E-state index in [0.29, 0.717) is 11.3 Å². The van der Waals surface area contributed by atoms with E-state index in [0.717, 1.165) is 5.69 Å². The number of esters is 1. The average Bonchev–Trinajstić information content (AvgIpc) is 3.20. The van der Waals surface area contributed by atoms with Crippen molar-refractivity contribution in [1.82, 2.24) is 4.57 Å². The molecule has 140 valence electrons. The van der Waals surface area contributed by atoms with Crippen molar-refractivity contribution in [3.05, 3.63) is 78.6 Å². The minimum atomic E-state index is -3.73. The van der Waals surface area contributed by atoms with E-state index in [4.69, 9.17) is 14.6 Å². The van der Waals surface area contributed by atoms with Crippen molar-refractivity contribution < 1.29 is 22.7 Å². The van der Waals surface area contributed by atoms with Gasteiger partial charge >= 0.3 is 5.97 Å². The molecule has 0 saturated heterocycles. The molecule has 7 nitrogen and oxygen atoms in total. The Morgan fingerprint density at radius 3 is 2.15 bits per heavy atom. The molecule has 0 aliphatic carbocycles. The number of hydrogen-bond donors (Lipinski definition) is 1. The highest BCUT2D eigenvalue weighted by Gasteiger charge is 2.09. The molecule has 0 bridgehead atoms. The van der Waals surface area contributed by atoms with Crippen LogP contribution >= 0.6 is 0 Å². The lowest BCUT2D eigenvalue weighted by Crippen LogP contribution is -2.13. The molecule has 1 aromatic heterocycles. The summed E-state index contributed by atoms with van der Waals surface area (Å²) in [5, 5.41) is 5.03. The van der Waals surface area contributed by atoms with Gasteiger partial charge in [-0.25, -0.2) is 18.4 Å². The van der Waals surface area contributed by atoms with Crippen molar-refractivity contribution in [2.24, 2.45) is 5.14 Å². The number of primary sulfonamides is 1. The Balaban J connectivity index is 1.47. The van der Waals surface area contributed by atoms with E-state index in [1.54, 1.807) is 12.1 Å². The van der Waals surface area contributed by atoms with Gasteiger partial charge in [-0.2, -0.15) is 0 Å². The van der Waals surface area contributed by atoms with Crippen LogP contribution in [0.1, 0.15) is 10.4 Å². The van der Waals surface area contributed by atoms with Crippen LogP contribution in [0, 0.1) is 0 Å².